The summed E-state index contributed by atoms with van der Waals surface area (Å²) in [5.74, 6) is -0.749. The minimum atomic E-state index is -0.724. The quantitative estimate of drug-likeness (QED) is 0.0778. The molecule has 4 aromatic rings. The van der Waals surface area contributed by atoms with Gasteiger partial charge < -0.3 is 14.8 Å². The number of hydrogen-bond acceptors (Lipinski definition) is 6. The van der Waals surface area contributed by atoms with Crippen molar-refractivity contribution >= 4 is 56.7 Å². The van der Waals surface area contributed by atoms with Gasteiger partial charge in [-0.15, -0.1) is 0 Å². The van der Waals surface area contributed by atoms with E-state index in [1.807, 2.05) is 98.8 Å². The zero-order valence-electron chi connectivity index (χ0n) is 29.8. The molecule has 10 heteroatoms. The Bertz CT molecular complexity index is 2050. The predicted molar refractivity (Wildman–Crippen MR) is 217 cm³/mol. The van der Waals surface area contributed by atoms with Crippen LogP contribution < -0.4 is 14.8 Å². The fourth-order valence-electron chi connectivity index (χ4n) is 5.59. The standard InChI is InChI=1S/C43H40BrN3O5S/c1-5-8-22-34(6-2)47-42(50)35(24-31-25-36(44)40(37(26-31)51-7-3)52-27-30-17-15-16-29(4)23-30)41(49)46-43(47)53-28-38(48)45-39(32-18-11-9-12-19-32)33-20-13-10-14-21-33/h5-6,8-26,39H,1,7,27-28H2,2-4H3,(H,45,48)/b22-8-,34-6+,35-24+. The van der Waals surface area contributed by atoms with Gasteiger partial charge in [0.1, 0.15) is 12.2 Å². The molecule has 0 bridgehead atoms. The second kappa shape index (κ2) is 18.9. The van der Waals surface area contributed by atoms with E-state index < -0.39 is 17.9 Å². The maximum atomic E-state index is 14.2. The Morgan fingerprint density at radius 2 is 1.68 bits per heavy atom. The molecule has 1 aliphatic heterocycles. The molecule has 3 amide bonds. The van der Waals surface area contributed by atoms with E-state index in [4.69, 9.17) is 9.47 Å². The first-order valence-electron chi connectivity index (χ1n) is 17.0. The Labute approximate surface area is 323 Å². The summed E-state index contributed by atoms with van der Waals surface area (Å²) in [7, 11) is 0. The Morgan fingerprint density at radius 1 is 0.981 bits per heavy atom. The average Bonchev–Trinajstić information content (AvgIpc) is 3.16. The molecule has 270 valence electrons. The van der Waals surface area contributed by atoms with E-state index in [2.05, 4.69) is 32.8 Å². The molecule has 1 heterocycles. The number of amides is 3. The van der Waals surface area contributed by atoms with Gasteiger partial charge in [-0.1, -0.05) is 127 Å². The average molecular weight is 791 g/mol. The van der Waals surface area contributed by atoms with Crippen molar-refractivity contribution < 1.29 is 23.9 Å². The highest BCUT2D eigenvalue weighted by Crippen LogP contribution is 2.39. The molecular weight excluding hydrogens is 750 g/mol. The highest BCUT2D eigenvalue weighted by molar-refractivity contribution is 9.10. The van der Waals surface area contributed by atoms with Gasteiger partial charge in [0.25, 0.3) is 11.8 Å². The van der Waals surface area contributed by atoms with Crippen molar-refractivity contribution in [1.82, 2.24) is 10.2 Å². The largest absolute Gasteiger partial charge is 0.490 e. The molecule has 0 radical (unpaired) electrons. The SMILES string of the molecule is C=C/C=C\C(=C/C)N1C(=O)/C(=C/c2cc(Br)c(OCc3cccc(C)c3)c(OCC)c2)C(=O)N=C1SCC(=O)NC(c1ccccc1)c1ccccc1. The summed E-state index contributed by atoms with van der Waals surface area (Å²) in [6.07, 6.45) is 8.18. The van der Waals surface area contributed by atoms with Crippen molar-refractivity contribution in [2.45, 2.75) is 33.4 Å². The van der Waals surface area contributed by atoms with Crippen LogP contribution in [0.3, 0.4) is 0 Å². The molecule has 0 aliphatic carbocycles. The van der Waals surface area contributed by atoms with Gasteiger partial charge in [-0.3, -0.25) is 19.3 Å². The third kappa shape index (κ3) is 10.1. The molecule has 1 N–H and O–H groups in total. The van der Waals surface area contributed by atoms with E-state index in [0.717, 1.165) is 34.0 Å². The van der Waals surface area contributed by atoms with Crippen LogP contribution in [0.5, 0.6) is 11.5 Å². The molecule has 1 aliphatic rings. The molecule has 0 aromatic heterocycles. The van der Waals surface area contributed by atoms with Gasteiger partial charge in [0.2, 0.25) is 5.91 Å². The first-order chi connectivity index (χ1) is 25.7. The van der Waals surface area contributed by atoms with E-state index in [-0.39, 0.29) is 22.4 Å². The number of allylic oxidation sites excluding steroid dienone is 4. The van der Waals surface area contributed by atoms with Gasteiger partial charge in [-0.05, 0) is 83.2 Å². The lowest BCUT2D eigenvalue weighted by Gasteiger charge is -2.28. The van der Waals surface area contributed by atoms with Gasteiger partial charge in [0.15, 0.2) is 16.7 Å². The minimum absolute atomic E-state index is 0.0844. The van der Waals surface area contributed by atoms with E-state index in [1.54, 1.807) is 43.4 Å². The highest BCUT2D eigenvalue weighted by Gasteiger charge is 2.35. The summed E-state index contributed by atoms with van der Waals surface area (Å²) in [6, 6.07) is 30.5. The number of amidine groups is 1. The topological polar surface area (TPSA) is 97.3 Å². The molecule has 4 aromatic carbocycles. The van der Waals surface area contributed by atoms with Crippen molar-refractivity contribution in [1.29, 1.82) is 0 Å². The van der Waals surface area contributed by atoms with Gasteiger partial charge >= 0.3 is 0 Å². The number of aryl methyl sites for hydroxylation is 1. The van der Waals surface area contributed by atoms with E-state index in [0.29, 0.717) is 40.4 Å². The third-order valence-electron chi connectivity index (χ3n) is 8.02. The van der Waals surface area contributed by atoms with Gasteiger partial charge in [0, 0.05) is 5.70 Å². The maximum Gasteiger partial charge on any atom is 0.285 e. The summed E-state index contributed by atoms with van der Waals surface area (Å²) in [6.45, 7) is 10.1. The van der Waals surface area contributed by atoms with Crippen molar-refractivity contribution in [3.8, 4) is 11.5 Å². The fraction of sp³-hybridized carbons (Fsp3) is 0.163. The van der Waals surface area contributed by atoms with Gasteiger partial charge in [-0.2, -0.15) is 4.99 Å². The fourth-order valence-corrected chi connectivity index (χ4v) is 6.97. The van der Waals surface area contributed by atoms with Crippen LogP contribution in [-0.4, -0.2) is 40.1 Å². The van der Waals surface area contributed by atoms with Crippen LogP contribution in [0.1, 0.15) is 47.7 Å². The molecule has 0 fully saturated rings. The van der Waals surface area contributed by atoms with Crippen LogP contribution in [0.2, 0.25) is 0 Å². The molecule has 5 rings (SSSR count). The zero-order chi connectivity index (χ0) is 37.7. The zero-order valence-corrected chi connectivity index (χ0v) is 32.2. The number of hydrogen-bond donors (Lipinski definition) is 1. The molecule has 0 saturated carbocycles. The number of nitrogens with one attached hydrogen (secondary N) is 1. The Kier molecular flexibility index (Phi) is 13.8. The maximum absolute atomic E-state index is 14.2. The van der Waals surface area contributed by atoms with Crippen molar-refractivity contribution in [3.63, 3.8) is 0 Å². The number of rotatable bonds is 14. The summed E-state index contributed by atoms with van der Waals surface area (Å²) >= 11 is 4.61. The van der Waals surface area contributed by atoms with Gasteiger partial charge in [-0.25, -0.2) is 0 Å². The van der Waals surface area contributed by atoms with Crippen LogP contribution in [0.4, 0.5) is 0 Å². The smallest absolute Gasteiger partial charge is 0.285 e. The lowest BCUT2D eigenvalue weighted by atomic mass is 9.99. The van der Waals surface area contributed by atoms with E-state index >= 15 is 0 Å². The van der Waals surface area contributed by atoms with Crippen LogP contribution in [0.25, 0.3) is 6.08 Å². The number of thioether (sulfide) groups is 1. The van der Waals surface area contributed by atoms with Crippen molar-refractivity contribution in [3.05, 3.63) is 172 Å². The summed E-state index contributed by atoms with van der Waals surface area (Å²) in [4.78, 5) is 47.0. The Balaban J connectivity index is 1.42. The van der Waals surface area contributed by atoms with Crippen molar-refractivity contribution in [2.24, 2.45) is 4.99 Å². The summed E-state index contributed by atoms with van der Waals surface area (Å²) in [5, 5.41) is 3.19. The van der Waals surface area contributed by atoms with E-state index in [1.165, 1.54) is 11.0 Å². The molecule has 0 saturated heterocycles. The monoisotopic (exact) mass is 789 g/mol. The highest BCUT2D eigenvalue weighted by atomic mass is 79.9. The molecular formula is C43H40BrN3O5S. The predicted octanol–water partition coefficient (Wildman–Crippen LogP) is 9.13. The molecule has 0 unspecified atom stereocenters. The van der Waals surface area contributed by atoms with Crippen LogP contribution in [-0.2, 0) is 21.0 Å². The lowest BCUT2D eigenvalue weighted by molar-refractivity contribution is -0.126. The lowest BCUT2D eigenvalue weighted by Crippen LogP contribution is -2.42. The number of benzene rings is 4. The number of halogens is 1. The second-order valence-corrected chi connectivity index (χ2v) is 13.7. The Morgan fingerprint density at radius 3 is 2.30 bits per heavy atom. The number of carbonyl (C=O) groups excluding carboxylic acids is 3. The third-order valence-corrected chi connectivity index (χ3v) is 9.55. The normalized spacial score (nSPS) is 14.1. The molecule has 53 heavy (non-hydrogen) atoms. The van der Waals surface area contributed by atoms with E-state index in [9.17, 15) is 14.4 Å². The molecule has 8 nitrogen and oxygen atoms in total. The van der Waals surface area contributed by atoms with Crippen molar-refractivity contribution in [2.75, 3.05) is 12.4 Å². The second-order valence-electron chi connectivity index (χ2n) is 11.9. The first-order valence-corrected chi connectivity index (χ1v) is 18.8. The summed E-state index contributed by atoms with van der Waals surface area (Å²) in [5.41, 5.74) is 4.81. The Hall–Kier alpha value is -5.45. The number of carbonyl (C=O) groups is 3. The minimum Gasteiger partial charge on any atom is -0.490 e. The van der Waals surface area contributed by atoms with Gasteiger partial charge in [0.05, 0.1) is 22.9 Å². The number of nitrogens with zero attached hydrogens (tertiary/aromatic N) is 2. The number of aliphatic imine (C=N–C) groups is 1. The van der Waals surface area contributed by atoms with Crippen LogP contribution in [0.15, 0.2) is 149 Å². The number of ether oxygens (including phenoxy) is 2. The molecule has 0 spiro atoms. The first kappa shape index (κ1) is 38.8. The molecule has 0 atom stereocenters. The van der Waals surface area contributed by atoms with Crippen LogP contribution >= 0.6 is 27.7 Å². The summed E-state index contributed by atoms with van der Waals surface area (Å²) < 4.78 is 12.7. The van der Waals surface area contributed by atoms with Crippen LogP contribution in [0, 0.1) is 6.92 Å².